The van der Waals surface area contributed by atoms with Gasteiger partial charge in [0.25, 0.3) is 5.91 Å². The molecule has 0 N–H and O–H groups in total. The smallest absolute Gasteiger partial charge is 0.259 e. The van der Waals surface area contributed by atoms with Gasteiger partial charge in [-0.3, -0.25) is 19.6 Å². The number of hydrogen-bond acceptors (Lipinski definition) is 5. The van der Waals surface area contributed by atoms with E-state index in [9.17, 15) is 4.79 Å². The third-order valence-corrected chi connectivity index (χ3v) is 6.38. The van der Waals surface area contributed by atoms with E-state index in [1.165, 1.54) is 5.56 Å². The summed E-state index contributed by atoms with van der Waals surface area (Å²) in [5.74, 6) is 0.877. The summed E-state index contributed by atoms with van der Waals surface area (Å²) in [4.78, 5) is 27.5. The van der Waals surface area contributed by atoms with Crippen LogP contribution in [0.25, 0.3) is 10.4 Å². The Hall–Kier alpha value is -3.61. The van der Waals surface area contributed by atoms with E-state index in [0.29, 0.717) is 18.8 Å². The predicted molar refractivity (Wildman–Crippen MR) is 123 cm³/mol. The number of fused-ring (bicyclic) bond motifs is 2. The molecule has 8 nitrogen and oxygen atoms in total. The molecular formula is C24H25N7O. The number of nitrogens with zero attached hydrogens (tertiary/aromatic N) is 7. The lowest BCUT2D eigenvalue weighted by Crippen LogP contribution is -2.53. The number of azide groups is 1. The topological polar surface area (TPSA) is 87.9 Å². The molecular weight excluding hydrogens is 402 g/mol. The highest BCUT2D eigenvalue weighted by Gasteiger charge is 2.41. The number of aliphatic imine (C=N–C) groups is 1. The normalized spacial score (nSPS) is 18.3. The van der Waals surface area contributed by atoms with E-state index in [1.54, 1.807) is 0 Å². The van der Waals surface area contributed by atoms with E-state index in [2.05, 4.69) is 43.9 Å². The number of rotatable bonds is 5. The Morgan fingerprint density at radius 3 is 2.69 bits per heavy atom. The fraction of sp³-hybridized carbons (Fsp3) is 0.333. The average molecular weight is 428 g/mol. The van der Waals surface area contributed by atoms with E-state index in [0.717, 1.165) is 61.0 Å². The molecule has 0 fully saturated rings. The second-order valence-electron chi connectivity index (χ2n) is 8.39. The van der Waals surface area contributed by atoms with Crippen molar-refractivity contribution >= 4 is 17.6 Å². The molecule has 0 radical (unpaired) electrons. The van der Waals surface area contributed by atoms with Crippen LogP contribution < -0.4 is 0 Å². The van der Waals surface area contributed by atoms with Gasteiger partial charge in [-0.05, 0) is 29.1 Å². The lowest BCUT2D eigenvalue weighted by atomic mass is 9.99. The van der Waals surface area contributed by atoms with Gasteiger partial charge in [-0.1, -0.05) is 53.6 Å². The van der Waals surface area contributed by atoms with Gasteiger partial charge < -0.3 is 4.90 Å². The Labute approximate surface area is 187 Å². The number of amides is 1. The van der Waals surface area contributed by atoms with Gasteiger partial charge in [-0.2, -0.15) is 0 Å². The van der Waals surface area contributed by atoms with Crippen molar-refractivity contribution in [1.29, 1.82) is 0 Å². The van der Waals surface area contributed by atoms with Crippen LogP contribution >= 0.6 is 0 Å². The van der Waals surface area contributed by atoms with Crippen molar-refractivity contribution < 1.29 is 4.79 Å². The van der Waals surface area contributed by atoms with Crippen LogP contribution in [0.4, 0.5) is 5.69 Å². The van der Waals surface area contributed by atoms with Crippen molar-refractivity contribution in [1.82, 2.24) is 14.7 Å². The molecule has 0 saturated carbocycles. The minimum Gasteiger partial charge on any atom is -0.314 e. The Balaban J connectivity index is 1.37. The highest BCUT2D eigenvalue weighted by molar-refractivity contribution is 6.09. The molecule has 162 valence electrons. The summed E-state index contributed by atoms with van der Waals surface area (Å²) in [5.41, 5.74) is 14.7. The molecule has 0 aliphatic carbocycles. The van der Waals surface area contributed by atoms with Crippen LogP contribution in [-0.4, -0.2) is 52.7 Å². The van der Waals surface area contributed by atoms with Gasteiger partial charge in [0.2, 0.25) is 5.96 Å². The van der Waals surface area contributed by atoms with Crippen molar-refractivity contribution in [2.24, 2.45) is 10.1 Å². The summed E-state index contributed by atoms with van der Waals surface area (Å²) >= 11 is 0. The van der Waals surface area contributed by atoms with E-state index < -0.39 is 0 Å². The Morgan fingerprint density at radius 1 is 1.09 bits per heavy atom. The van der Waals surface area contributed by atoms with Crippen LogP contribution in [0.3, 0.4) is 0 Å². The Bertz CT molecular complexity index is 1160. The van der Waals surface area contributed by atoms with Crippen LogP contribution in [0.5, 0.6) is 0 Å². The Morgan fingerprint density at radius 2 is 1.91 bits per heavy atom. The van der Waals surface area contributed by atoms with Gasteiger partial charge in [0.15, 0.2) is 0 Å². The van der Waals surface area contributed by atoms with E-state index in [4.69, 9.17) is 5.53 Å². The summed E-state index contributed by atoms with van der Waals surface area (Å²) in [7, 11) is 0. The standard InChI is InChI=1S/C24H25N7O/c1-17-4-2-3-5-19(17)15-31-23(32)21-16-29(12-10-22(21)30-13-11-26-24(30)31)14-18-6-8-20(9-7-18)27-28-25/h2-9H,10-16H2,1H3. The van der Waals surface area contributed by atoms with Crippen LogP contribution in [0.1, 0.15) is 23.1 Å². The molecule has 2 aromatic rings. The van der Waals surface area contributed by atoms with Crippen molar-refractivity contribution in [2.45, 2.75) is 26.4 Å². The van der Waals surface area contributed by atoms with Crippen LogP contribution in [0, 0.1) is 6.92 Å². The second-order valence-corrected chi connectivity index (χ2v) is 8.39. The van der Waals surface area contributed by atoms with Crippen LogP contribution in [-0.2, 0) is 17.9 Å². The minimum atomic E-state index is 0.0727. The molecule has 8 heteroatoms. The number of carbonyl (C=O) groups excluding carboxylic acids is 1. The van der Waals surface area contributed by atoms with E-state index in [-0.39, 0.29) is 5.91 Å². The summed E-state index contributed by atoms with van der Waals surface area (Å²) in [6.45, 7) is 6.46. The lowest BCUT2D eigenvalue weighted by molar-refractivity contribution is -0.125. The Kier molecular flexibility index (Phi) is 5.39. The number of benzene rings is 2. The molecule has 0 bridgehead atoms. The van der Waals surface area contributed by atoms with Crippen LogP contribution in [0.2, 0.25) is 0 Å². The van der Waals surface area contributed by atoms with E-state index >= 15 is 0 Å². The number of hydrogen-bond donors (Lipinski definition) is 0. The summed E-state index contributed by atoms with van der Waals surface area (Å²) < 4.78 is 0. The molecule has 1 amide bonds. The van der Waals surface area contributed by atoms with Crippen molar-refractivity contribution in [2.75, 3.05) is 26.2 Å². The second kappa shape index (κ2) is 8.49. The molecule has 5 rings (SSSR count). The first-order valence-corrected chi connectivity index (χ1v) is 10.9. The molecule has 32 heavy (non-hydrogen) atoms. The zero-order chi connectivity index (χ0) is 22.1. The average Bonchev–Trinajstić information content (AvgIpc) is 3.29. The molecule has 0 unspecified atom stereocenters. The van der Waals surface area contributed by atoms with Gasteiger partial charge in [-0.25, -0.2) is 0 Å². The third kappa shape index (κ3) is 3.75. The van der Waals surface area contributed by atoms with Gasteiger partial charge in [0, 0.05) is 48.9 Å². The summed E-state index contributed by atoms with van der Waals surface area (Å²) in [6, 6.07) is 15.8. The van der Waals surface area contributed by atoms with Crippen molar-refractivity contribution in [3.8, 4) is 0 Å². The molecule has 3 aliphatic heterocycles. The van der Waals surface area contributed by atoms with Crippen molar-refractivity contribution in [3.05, 3.63) is 86.9 Å². The SMILES string of the molecule is Cc1ccccc1CN1C(=O)C2=C(CCN(Cc3ccc(N=[N+]=[N-])cc3)C2)N2CCN=C12. The molecule has 0 aromatic heterocycles. The molecule has 3 heterocycles. The third-order valence-electron chi connectivity index (χ3n) is 6.38. The predicted octanol–water partition coefficient (Wildman–Crippen LogP) is 4.11. The highest BCUT2D eigenvalue weighted by Crippen LogP contribution is 2.32. The van der Waals surface area contributed by atoms with Gasteiger partial charge >= 0.3 is 0 Å². The molecule has 0 atom stereocenters. The van der Waals surface area contributed by atoms with E-state index in [1.807, 2.05) is 41.3 Å². The molecule has 2 aromatic carbocycles. The maximum absolute atomic E-state index is 13.6. The highest BCUT2D eigenvalue weighted by atomic mass is 16.2. The molecule has 3 aliphatic rings. The maximum Gasteiger partial charge on any atom is 0.259 e. The fourth-order valence-corrected chi connectivity index (χ4v) is 4.69. The zero-order valence-electron chi connectivity index (χ0n) is 18.1. The first-order valence-electron chi connectivity index (χ1n) is 10.9. The zero-order valence-corrected chi connectivity index (χ0v) is 18.1. The molecule has 0 saturated heterocycles. The van der Waals surface area contributed by atoms with Gasteiger partial charge in [0.1, 0.15) is 0 Å². The first kappa shape index (κ1) is 20.3. The lowest BCUT2D eigenvalue weighted by Gasteiger charge is -2.42. The summed E-state index contributed by atoms with van der Waals surface area (Å²) in [6.07, 6.45) is 0.842. The first-order chi connectivity index (χ1) is 15.6. The number of carbonyl (C=O) groups is 1. The fourth-order valence-electron chi connectivity index (χ4n) is 4.69. The van der Waals surface area contributed by atoms with Gasteiger partial charge in [-0.15, -0.1) is 0 Å². The van der Waals surface area contributed by atoms with Crippen LogP contribution in [0.15, 0.2) is 69.9 Å². The monoisotopic (exact) mass is 427 g/mol. The minimum absolute atomic E-state index is 0.0727. The van der Waals surface area contributed by atoms with Gasteiger partial charge in [0.05, 0.1) is 18.7 Å². The maximum atomic E-state index is 13.6. The van der Waals surface area contributed by atoms with Crippen molar-refractivity contribution in [3.63, 3.8) is 0 Å². The number of guanidine groups is 1. The number of aryl methyl sites for hydroxylation is 1. The quantitative estimate of drug-likeness (QED) is 0.409. The summed E-state index contributed by atoms with van der Waals surface area (Å²) in [5, 5.41) is 3.63. The molecule has 0 spiro atoms. The largest absolute Gasteiger partial charge is 0.314 e.